The van der Waals surface area contributed by atoms with Gasteiger partial charge < -0.3 is 10.0 Å². The fourth-order valence-corrected chi connectivity index (χ4v) is 2.90. The minimum absolute atomic E-state index is 0.579. The van der Waals surface area contributed by atoms with Crippen LogP contribution in [0.25, 0.3) is 0 Å². The number of hydrogen-bond acceptors (Lipinski definition) is 2. The Morgan fingerprint density at radius 2 is 2.06 bits per heavy atom. The van der Waals surface area contributed by atoms with Crippen LogP contribution in [0.4, 0.5) is 0 Å². The lowest BCUT2D eigenvalue weighted by molar-refractivity contribution is -0.149. The summed E-state index contributed by atoms with van der Waals surface area (Å²) in [5, 5.41) is 9.34. The van der Waals surface area contributed by atoms with Crippen LogP contribution in [-0.2, 0) is 4.79 Å². The first-order valence-electron chi connectivity index (χ1n) is 7.47. The Kier molecular flexibility index (Phi) is 6.13. The number of nitrogens with zero attached hydrogens (tertiary/aromatic N) is 1. The van der Waals surface area contributed by atoms with E-state index in [1.54, 1.807) is 0 Å². The van der Waals surface area contributed by atoms with Crippen molar-refractivity contribution in [1.82, 2.24) is 4.90 Å². The maximum absolute atomic E-state index is 11.4. The summed E-state index contributed by atoms with van der Waals surface area (Å²) >= 11 is 0. The summed E-state index contributed by atoms with van der Waals surface area (Å²) in [4.78, 5) is 13.7. The average Bonchev–Trinajstić information content (AvgIpc) is 2.55. The molecule has 2 atom stereocenters. The van der Waals surface area contributed by atoms with Gasteiger partial charge in [0.25, 0.3) is 0 Å². The molecule has 0 aromatic heterocycles. The minimum Gasteiger partial charge on any atom is -0.481 e. The molecular weight excluding hydrogens is 226 g/mol. The molecule has 1 rings (SSSR count). The molecule has 0 aliphatic carbocycles. The number of carboxylic acid groups (broad SMARTS) is 1. The standard InChI is InChI=1S/C15H29NO2/c1-4-7-13-8-6-10-16(11-9-13)12-15(3,5-2)14(17)18/h13H,4-12H2,1-3H3,(H,17,18). The van der Waals surface area contributed by atoms with Gasteiger partial charge in [-0.15, -0.1) is 0 Å². The minimum atomic E-state index is -0.653. The van der Waals surface area contributed by atoms with Gasteiger partial charge >= 0.3 is 5.97 Å². The fraction of sp³-hybridized carbons (Fsp3) is 0.933. The maximum Gasteiger partial charge on any atom is 0.310 e. The number of rotatable bonds is 6. The van der Waals surface area contributed by atoms with Crippen molar-refractivity contribution in [2.75, 3.05) is 19.6 Å². The van der Waals surface area contributed by atoms with Crippen LogP contribution in [-0.4, -0.2) is 35.6 Å². The molecule has 0 aromatic rings. The van der Waals surface area contributed by atoms with Gasteiger partial charge in [0.05, 0.1) is 5.41 Å². The van der Waals surface area contributed by atoms with Crippen molar-refractivity contribution in [2.45, 2.75) is 59.3 Å². The molecule has 1 heterocycles. The Labute approximate surface area is 112 Å². The molecule has 1 aliphatic heterocycles. The summed E-state index contributed by atoms with van der Waals surface area (Å²) < 4.78 is 0. The summed E-state index contributed by atoms with van der Waals surface area (Å²) in [5.74, 6) is 0.206. The molecule has 1 aliphatic rings. The summed E-state index contributed by atoms with van der Waals surface area (Å²) in [6.45, 7) is 8.96. The Hall–Kier alpha value is -0.570. The van der Waals surface area contributed by atoms with Crippen LogP contribution >= 0.6 is 0 Å². The van der Waals surface area contributed by atoms with Crippen molar-refractivity contribution in [3.63, 3.8) is 0 Å². The lowest BCUT2D eigenvalue weighted by Gasteiger charge is -2.30. The van der Waals surface area contributed by atoms with E-state index in [0.29, 0.717) is 13.0 Å². The SMILES string of the molecule is CCCC1CCCN(CC(C)(CC)C(=O)O)CC1. The first-order chi connectivity index (χ1) is 8.51. The molecule has 2 unspecified atom stereocenters. The molecule has 1 saturated heterocycles. The van der Waals surface area contributed by atoms with Gasteiger partial charge in [-0.05, 0) is 51.6 Å². The number of carbonyl (C=O) groups is 1. The van der Waals surface area contributed by atoms with Gasteiger partial charge in [-0.2, -0.15) is 0 Å². The third-order valence-electron chi connectivity index (χ3n) is 4.51. The highest BCUT2D eigenvalue weighted by Gasteiger charge is 2.33. The van der Waals surface area contributed by atoms with Gasteiger partial charge in [0.2, 0.25) is 0 Å². The van der Waals surface area contributed by atoms with Gasteiger partial charge in [0, 0.05) is 6.54 Å². The Balaban J connectivity index is 2.50. The van der Waals surface area contributed by atoms with E-state index < -0.39 is 11.4 Å². The maximum atomic E-state index is 11.4. The molecule has 0 amide bonds. The molecule has 3 heteroatoms. The van der Waals surface area contributed by atoms with Crippen LogP contribution in [0.15, 0.2) is 0 Å². The van der Waals surface area contributed by atoms with E-state index in [1.807, 2.05) is 13.8 Å². The molecule has 1 fully saturated rings. The van der Waals surface area contributed by atoms with Gasteiger partial charge in [0.1, 0.15) is 0 Å². The zero-order valence-electron chi connectivity index (χ0n) is 12.2. The predicted octanol–water partition coefficient (Wildman–Crippen LogP) is 3.39. The van der Waals surface area contributed by atoms with Crippen LogP contribution in [0, 0.1) is 11.3 Å². The Morgan fingerprint density at radius 1 is 1.33 bits per heavy atom. The smallest absolute Gasteiger partial charge is 0.310 e. The van der Waals surface area contributed by atoms with Crippen LogP contribution < -0.4 is 0 Å². The number of aliphatic carboxylic acids is 1. The second-order valence-electron chi connectivity index (χ2n) is 6.08. The van der Waals surface area contributed by atoms with Gasteiger partial charge in [-0.3, -0.25) is 4.79 Å². The third kappa shape index (κ3) is 4.27. The highest BCUT2D eigenvalue weighted by Crippen LogP contribution is 2.27. The highest BCUT2D eigenvalue weighted by atomic mass is 16.4. The average molecular weight is 255 g/mol. The van der Waals surface area contributed by atoms with Crippen molar-refractivity contribution >= 4 is 5.97 Å². The van der Waals surface area contributed by atoms with E-state index in [4.69, 9.17) is 0 Å². The lowest BCUT2D eigenvalue weighted by Crippen LogP contribution is -2.41. The van der Waals surface area contributed by atoms with Gasteiger partial charge in [0.15, 0.2) is 0 Å². The second kappa shape index (κ2) is 7.13. The first kappa shape index (κ1) is 15.5. The summed E-state index contributed by atoms with van der Waals surface area (Å²) in [7, 11) is 0. The van der Waals surface area contributed by atoms with Crippen molar-refractivity contribution < 1.29 is 9.90 Å². The Bertz CT molecular complexity index is 267. The molecule has 106 valence electrons. The van der Waals surface area contributed by atoms with Crippen molar-refractivity contribution in [1.29, 1.82) is 0 Å². The molecular formula is C15H29NO2. The highest BCUT2D eigenvalue weighted by molar-refractivity contribution is 5.74. The molecule has 3 nitrogen and oxygen atoms in total. The van der Waals surface area contributed by atoms with Gasteiger partial charge in [-0.1, -0.05) is 26.7 Å². The summed E-state index contributed by atoms with van der Waals surface area (Å²) in [6, 6.07) is 0. The Morgan fingerprint density at radius 3 is 2.61 bits per heavy atom. The largest absolute Gasteiger partial charge is 0.481 e. The van der Waals surface area contributed by atoms with E-state index in [2.05, 4.69) is 11.8 Å². The van der Waals surface area contributed by atoms with E-state index in [-0.39, 0.29) is 0 Å². The molecule has 0 spiro atoms. The zero-order chi connectivity index (χ0) is 13.6. The number of likely N-dealkylation sites (tertiary alicyclic amines) is 1. The molecule has 0 aromatic carbocycles. The second-order valence-corrected chi connectivity index (χ2v) is 6.08. The van der Waals surface area contributed by atoms with Crippen molar-refractivity contribution in [3.8, 4) is 0 Å². The number of carboxylic acids is 1. The van der Waals surface area contributed by atoms with Crippen molar-refractivity contribution in [3.05, 3.63) is 0 Å². The van der Waals surface area contributed by atoms with Crippen molar-refractivity contribution in [2.24, 2.45) is 11.3 Å². The zero-order valence-corrected chi connectivity index (χ0v) is 12.2. The van der Waals surface area contributed by atoms with Crippen LogP contribution in [0.2, 0.25) is 0 Å². The van der Waals surface area contributed by atoms with Crippen LogP contribution in [0.3, 0.4) is 0 Å². The van der Waals surface area contributed by atoms with E-state index in [1.165, 1.54) is 32.1 Å². The molecule has 18 heavy (non-hydrogen) atoms. The monoisotopic (exact) mass is 255 g/mol. The molecule has 1 N–H and O–H groups in total. The third-order valence-corrected chi connectivity index (χ3v) is 4.51. The quantitative estimate of drug-likeness (QED) is 0.791. The molecule has 0 saturated carbocycles. The normalized spacial score (nSPS) is 25.4. The molecule has 0 bridgehead atoms. The topological polar surface area (TPSA) is 40.5 Å². The van der Waals surface area contributed by atoms with E-state index >= 15 is 0 Å². The van der Waals surface area contributed by atoms with E-state index in [9.17, 15) is 9.90 Å². The number of hydrogen-bond donors (Lipinski definition) is 1. The predicted molar refractivity (Wildman–Crippen MR) is 74.7 cm³/mol. The first-order valence-corrected chi connectivity index (χ1v) is 7.47. The van der Waals surface area contributed by atoms with Crippen LogP contribution in [0.5, 0.6) is 0 Å². The van der Waals surface area contributed by atoms with E-state index in [0.717, 1.165) is 19.0 Å². The van der Waals surface area contributed by atoms with Gasteiger partial charge in [-0.25, -0.2) is 0 Å². The van der Waals surface area contributed by atoms with Crippen LogP contribution in [0.1, 0.15) is 59.3 Å². The lowest BCUT2D eigenvalue weighted by atomic mass is 9.87. The summed E-state index contributed by atoms with van der Waals surface area (Å²) in [5.41, 5.74) is -0.579. The summed E-state index contributed by atoms with van der Waals surface area (Å²) in [6.07, 6.45) is 7.10. The fourth-order valence-electron chi connectivity index (χ4n) is 2.90. The molecule has 0 radical (unpaired) electrons.